The van der Waals surface area contributed by atoms with Gasteiger partial charge in [-0.2, -0.15) is 5.26 Å². The molecule has 0 aliphatic rings. The highest BCUT2D eigenvalue weighted by molar-refractivity contribution is 9.10. The first kappa shape index (κ1) is 26.1. The molecule has 1 amide bonds. The van der Waals surface area contributed by atoms with Crippen molar-refractivity contribution in [2.75, 3.05) is 18.5 Å². The summed E-state index contributed by atoms with van der Waals surface area (Å²) in [6.07, 6.45) is 1.50. The van der Waals surface area contributed by atoms with Crippen molar-refractivity contribution in [1.29, 1.82) is 5.26 Å². The average molecular weight is 556 g/mol. The van der Waals surface area contributed by atoms with Crippen molar-refractivity contribution in [3.63, 3.8) is 0 Å². The molecule has 0 bridgehead atoms. The topological polar surface area (TPSA) is 80.6 Å². The van der Waals surface area contributed by atoms with Crippen molar-refractivity contribution in [1.82, 2.24) is 0 Å². The Morgan fingerprint density at radius 3 is 2.34 bits per heavy atom. The third-order valence-corrected chi connectivity index (χ3v) is 5.57. The van der Waals surface area contributed by atoms with Gasteiger partial charge in [0.05, 0.1) is 17.7 Å². The zero-order valence-electron chi connectivity index (χ0n) is 19.3. The molecule has 0 aromatic heterocycles. The minimum absolute atomic E-state index is 0.0495. The fourth-order valence-electron chi connectivity index (χ4n) is 3.11. The third kappa shape index (κ3) is 7.51. The summed E-state index contributed by atoms with van der Waals surface area (Å²) >= 11 is 9.37. The van der Waals surface area contributed by atoms with Gasteiger partial charge in [-0.25, -0.2) is 0 Å². The van der Waals surface area contributed by atoms with Crippen LogP contribution in [0.1, 0.15) is 25.0 Å². The number of carbonyl (C=O) groups excluding carboxylic acids is 1. The van der Waals surface area contributed by atoms with Gasteiger partial charge in [-0.3, -0.25) is 4.79 Å². The quantitative estimate of drug-likeness (QED) is 0.215. The first-order valence-corrected chi connectivity index (χ1v) is 12.1. The normalized spacial score (nSPS) is 10.9. The lowest BCUT2D eigenvalue weighted by atomic mass is 10.1. The van der Waals surface area contributed by atoms with Gasteiger partial charge < -0.3 is 19.5 Å². The van der Waals surface area contributed by atoms with Crippen LogP contribution >= 0.6 is 27.5 Å². The lowest BCUT2D eigenvalue weighted by molar-refractivity contribution is -0.112. The Labute approximate surface area is 218 Å². The molecule has 0 aliphatic heterocycles. The number of hydrogen-bond donors (Lipinski definition) is 1. The van der Waals surface area contributed by atoms with E-state index in [1.165, 1.54) is 6.08 Å². The van der Waals surface area contributed by atoms with Crippen LogP contribution in [-0.4, -0.2) is 19.1 Å². The zero-order valence-corrected chi connectivity index (χ0v) is 21.7. The molecule has 3 aromatic rings. The highest BCUT2D eigenvalue weighted by atomic mass is 79.9. The maximum Gasteiger partial charge on any atom is 0.266 e. The summed E-state index contributed by atoms with van der Waals surface area (Å²) in [4.78, 5) is 12.7. The van der Waals surface area contributed by atoms with Gasteiger partial charge in [0.15, 0.2) is 11.5 Å². The van der Waals surface area contributed by atoms with E-state index in [1.807, 2.05) is 44.2 Å². The van der Waals surface area contributed by atoms with E-state index in [4.69, 9.17) is 25.8 Å². The molecule has 0 saturated carbocycles. The molecule has 3 rings (SSSR count). The van der Waals surface area contributed by atoms with Crippen LogP contribution in [0.3, 0.4) is 0 Å². The minimum atomic E-state index is -0.523. The lowest BCUT2D eigenvalue weighted by Gasteiger charge is -2.13. The number of amides is 1. The number of anilines is 1. The van der Waals surface area contributed by atoms with Crippen LogP contribution in [0.25, 0.3) is 6.08 Å². The van der Waals surface area contributed by atoms with Gasteiger partial charge in [0.2, 0.25) is 0 Å². The molecule has 0 heterocycles. The molecule has 3 aromatic carbocycles. The predicted molar refractivity (Wildman–Crippen MR) is 141 cm³/mol. The van der Waals surface area contributed by atoms with E-state index >= 15 is 0 Å². The monoisotopic (exact) mass is 554 g/mol. The Morgan fingerprint density at radius 1 is 1.03 bits per heavy atom. The number of hydrogen-bond acceptors (Lipinski definition) is 5. The largest absolute Gasteiger partial charge is 0.490 e. The van der Waals surface area contributed by atoms with E-state index in [0.29, 0.717) is 57.8 Å². The summed E-state index contributed by atoms with van der Waals surface area (Å²) in [6, 6.07) is 19.8. The van der Waals surface area contributed by atoms with Crippen molar-refractivity contribution in [3.8, 4) is 23.3 Å². The smallest absolute Gasteiger partial charge is 0.266 e. The Balaban J connectivity index is 1.69. The third-order valence-electron chi connectivity index (χ3n) is 4.73. The number of rotatable bonds is 10. The number of benzene rings is 3. The van der Waals surface area contributed by atoms with Crippen LogP contribution in [0, 0.1) is 11.3 Å². The average Bonchev–Trinajstić information content (AvgIpc) is 2.85. The first-order chi connectivity index (χ1) is 16.9. The van der Waals surface area contributed by atoms with Crippen LogP contribution < -0.4 is 19.5 Å². The molecular weight excluding hydrogens is 532 g/mol. The molecule has 6 nitrogen and oxygen atoms in total. The van der Waals surface area contributed by atoms with Gasteiger partial charge in [-0.05, 0) is 95.5 Å². The van der Waals surface area contributed by atoms with Gasteiger partial charge in [0.1, 0.15) is 24.0 Å². The summed E-state index contributed by atoms with van der Waals surface area (Å²) in [6.45, 7) is 5.07. The molecule has 1 N–H and O–H groups in total. The fraction of sp³-hybridized carbons (Fsp3) is 0.185. The molecule has 0 spiro atoms. The summed E-state index contributed by atoms with van der Waals surface area (Å²) in [7, 11) is 0. The Bertz CT molecular complexity index is 1240. The van der Waals surface area contributed by atoms with Crippen LogP contribution in [-0.2, 0) is 11.4 Å². The summed E-state index contributed by atoms with van der Waals surface area (Å²) in [5, 5.41) is 13.0. The number of nitrogens with one attached hydrogen (secondary N) is 1. The molecule has 35 heavy (non-hydrogen) atoms. The number of ether oxygens (including phenoxy) is 3. The Kier molecular flexibility index (Phi) is 9.59. The second kappa shape index (κ2) is 12.8. The van der Waals surface area contributed by atoms with Crippen molar-refractivity contribution < 1.29 is 19.0 Å². The SMILES string of the molecule is CCOc1cc(/C=C(\C#N)C(=O)Nc2ccc(OCc3ccc(Cl)cc3)cc2)cc(Br)c1OCC. The summed E-state index contributed by atoms with van der Waals surface area (Å²) < 4.78 is 17.7. The fourth-order valence-corrected chi connectivity index (χ4v) is 3.81. The molecule has 180 valence electrons. The van der Waals surface area contributed by atoms with Gasteiger partial charge in [0, 0.05) is 10.7 Å². The molecule has 0 radical (unpaired) electrons. The summed E-state index contributed by atoms with van der Waals surface area (Å²) in [5.41, 5.74) is 2.11. The van der Waals surface area contributed by atoms with Crippen LogP contribution in [0.2, 0.25) is 5.02 Å². The zero-order chi connectivity index (χ0) is 25.2. The molecular formula is C27H24BrClN2O4. The minimum Gasteiger partial charge on any atom is -0.490 e. The van der Waals surface area contributed by atoms with Crippen molar-refractivity contribution in [2.45, 2.75) is 20.5 Å². The number of nitriles is 1. The van der Waals surface area contributed by atoms with Crippen LogP contribution in [0.5, 0.6) is 17.2 Å². The first-order valence-electron chi connectivity index (χ1n) is 10.9. The summed E-state index contributed by atoms with van der Waals surface area (Å²) in [5.74, 6) is 1.23. The number of halogens is 2. The molecule has 0 atom stereocenters. The van der Waals surface area contributed by atoms with Crippen molar-refractivity contribution in [2.24, 2.45) is 0 Å². The van der Waals surface area contributed by atoms with E-state index < -0.39 is 5.91 Å². The molecule has 0 unspecified atom stereocenters. The molecule has 8 heteroatoms. The predicted octanol–water partition coefficient (Wildman–Crippen LogP) is 7.02. The molecule has 0 aliphatic carbocycles. The van der Waals surface area contributed by atoms with Gasteiger partial charge in [-0.1, -0.05) is 23.7 Å². The van der Waals surface area contributed by atoms with Gasteiger partial charge in [0.25, 0.3) is 5.91 Å². The van der Waals surface area contributed by atoms with Crippen LogP contribution in [0.4, 0.5) is 5.69 Å². The van der Waals surface area contributed by atoms with E-state index in [-0.39, 0.29) is 5.57 Å². The lowest BCUT2D eigenvalue weighted by Crippen LogP contribution is -2.13. The van der Waals surface area contributed by atoms with Gasteiger partial charge >= 0.3 is 0 Å². The van der Waals surface area contributed by atoms with Crippen molar-refractivity contribution >= 4 is 45.2 Å². The van der Waals surface area contributed by atoms with E-state index in [2.05, 4.69) is 21.2 Å². The second-order valence-electron chi connectivity index (χ2n) is 7.26. The van der Waals surface area contributed by atoms with Crippen LogP contribution in [0.15, 0.2) is 70.7 Å². The second-order valence-corrected chi connectivity index (χ2v) is 8.55. The highest BCUT2D eigenvalue weighted by Crippen LogP contribution is 2.37. The van der Waals surface area contributed by atoms with E-state index in [0.717, 1.165) is 5.56 Å². The Hall–Kier alpha value is -3.47. The van der Waals surface area contributed by atoms with E-state index in [9.17, 15) is 10.1 Å². The maximum atomic E-state index is 12.7. The standard InChI is InChI=1S/C27H24BrClN2O4/c1-3-33-25-15-19(14-24(28)26(25)34-4-2)13-20(16-30)27(32)31-22-9-11-23(12-10-22)35-17-18-5-7-21(29)8-6-18/h5-15H,3-4,17H2,1-2H3,(H,31,32)/b20-13+. The molecule has 0 saturated heterocycles. The van der Waals surface area contributed by atoms with Gasteiger partial charge in [-0.15, -0.1) is 0 Å². The van der Waals surface area contributed by atoms with Crippen molar-refractivity contribution in [3.05, 3.63) is 86.9 Å². The number of nitrogens with zero attached hydrogens (tertiary/aromatic N) is 1. The highest BCUT2D eigenvalue weighted by Gasteiger charge is 2.14. The Morgan fingerprint density at radius 2 is 1.71 bits per heavy atom. The van der Waals surface area contributed by atoms with E-state index in [1.54, 1.807) is 36.4 Å². The molecule has 0 fully saturated rings. The maximum absolute atomic E-state index is 12.7. The number of carbonyl (C=O) groups is 1.